The van der Waals surface area contributed by atoms with Crippen molar-refractivity contribution in [2.75, 3.05) is 19.5 Å². The summed E-state index contributed by atoms with van der Waals surface area (Å²) in [5.41, 5.74) is 0.676. The Bertz CT molecular complexity index is 1390. The van der Waals surface area contributed by atoms with E-state index in [1.165, 1.54) is 26.3 Å². The van der Waals surface area contributed by atoms with E-state index < -0.39 is 25.1 Å². The molecule has 0 aliphatic rings. The van der Waals surface area contributed by atoms with Gasteiger partial charge in [-0.1, -0.05) is 31.6 Å². The van der Waals surface area contributed by atoms with Gasteiger partial charge in [0.1, 0.15) is 16.7 Å². The lowest BCUT2D eigenvalue weighted by Gasteiger charge is -2.40. The Morgan fingerprint density at radius 2 is 1.57 bits per heavy atom. The second kappa shape index (κ2) is 8.40. The topological polar surface area (TPSA) is 82.4 Å². The van der Waals surface area contributed by atoms with Gasteiger partial charge in [-0.05, 0) is 60.2 Å². The first-order valence-electron chi connectivity index (χ1n) is 9.78. The molecule has 3 rings (SSSR count). The Labute approximate surface area is 199 Å². The molecule has 35 heavy (non-hydrogen) atoms. The average molecular weight is 534 g/mol. The minimum atomic E-state index is -9.81. The van der Waals surface area contributed by atoms with Gasteiger partial charge in [0.2, 0.25) is 10.0 Å². The van der Waals surface area contributed by atoms with E-state index in [4.69, 9.17) is 4.74 Å². The summed E-state index contributed by atoms with van der Waals surface area (Å²) < 4.78 is 96.6. The molecule has 3 aromatic carbocycles. The maximum absolute atomic E-state index is 13.0. The Morgan fingerprint density at radius 3 is 2.09 bits per heavy atom. The molecule has 0 fully saturated rings. The third-order valence-electron chi connectivity index (χ3n) is 4.96. The van der Waals surface area contributed by atoms with E-state index in [2.05, 4.69) is 5.32 Å². The molecule has 188 valence electrons. The minimum absolute atomic E-state index is 0.000620. The predicted octanol–water partition coefficient (Wildman–Crippen LogP) is 6.79. The van der Waals surface area contributed by atoms with Gasteiger partial charge in [-0.2, -0.15) is 9.57 Å². The molecule has 0 saturated heterocycles. The third kappa shape index (κ3) is 6.21. The lowest BCUT2D eigenvalue weighted by molar-refractivity contribution is 0.364. The molecule has 0 heterocycles. The molecule has 0 aromatic heterocycles. The number of rotatable bonds is 8. The van der Waals surface area contributed by atoms with Crippen LogP contribution in [0.3, 0.4) is 0 Å². The van der Waals surface area contributed by atoms with Gasteiger partial charge >= 0.3 is 10.2 Å². The molecule has 0 unspecified atom stereocenters. The Morgan fingerprint density at radius 1 is 0.971 bits per heavy atom. The highest BCUT2D eigenvalue weighted by Crippen LogP contribution is 3.02. The molecule has 1 N–H and O–H groups in total. The summed E-state index contributed by atoms with van der Waals surface area (Å²) in [6.45, 7) is 0.0483. The number of anilines is 2. The van der Waals surface area contributed by atoms with E-state index >= 15 is 0 Å². The Hall–Kier alpha value is -3.34. The van der Waals surface area contributed by atoms with E-state index in [9.17, 15) is 33.1 Å². The predicted molar refractivity (Wildman–Crippen MR) is 124 cm³/mol. The lowest BCUT2D eigenvalue weighted by Crippen LogP contribution is -2.26. The van der Waals surface area contributed by atoms with Crippen molar-refractivity contribution in [3.8, 4) is 11.8 Å². The van der Waals surface area contributed by atoms with Gasteiger partial charge in [0.15, 0.2) is 0 Å². The summed E-state index contributed by atoms with van der Waals surface area (Å²) in [4.78, 5) is -2.22. The quantitative estimate of drug-likeness (QED) is 0.323. The van der Waals surface area contributed by atoms with Crippen LogP contribution < -0.4 is 10.1 Å². The van der Waals surface area contributed by atoms with E-state index in [-0.39, 0.29) is 40.5 Å². The summed E-state index contributed by atoms with van der Waals surface area (Å²) in [6.07, 6.45) is 0. The first kappa shape index (κ1) is 26.3. The van der Waals surface area contributed by atoms with Crippen molar-refractivity contribution in [3.63, 3.8) is 0 Å². The highest BCUT2D eigenvalue weighted by atomic mass is 32.5. The molecule has 0 saturated carbocycles. The summed E-state index contributed by atoms with van der Waals surface area (Å²) in [6, 6.07) is 14.3. The normalized spacial score (nSPS) is 14.0. The molecular weight excluding hydrogens is 513 g/mol. The molecule has 0 spiro atoms. The first-order chi connectivity index (χ1) is 16.0. The standard InChI is InChI=1S/C22H20F5N3O3S2/c1-30(15-16-3-7-19(33-2)8-4-16)34(31,32)20-9-12-22(17(13-20)14-28)29-18-5-10-21(11-6-18)35(23,24,25,26)27/h3-13,29H,15H2,1-2H3. The largest absolute Gasteiger partial charge is 0.497 e. The third-order valence-corrected chi connectivity index (χ3v) is 7.93. The zero-order valence-electron chi connectivity index (χ0n) is 18.4. The number of hydrogen-bond acceptors (Lipinski definition) is 5. The van der Waals surface area contributed by atoms with Gasteiger partial charge < -0.3 is 10.1 Å². The van der Waals surface area contributed by atoms with Crippen LogP contribution in [0.1, 0.15) is 11.1 Å². The molecule has 3 aromatic rings. The fourth-order valence-corrected chi connectivity index (χ4v) is 4.93. The molecular formula is C22H20F5N3O3S2. The van der Waals surface area contributed by atoms with Crippen LogP contribution in [0.15, 0.2) is 76.5 Å². The van der Waals surface area contributed by atoms with Crippen LogP contribution in [-0.4, -0.2) is 26.9 Å². The lowest BCUT2D eigenvalue weighted by atomic mass is 10.2. The minimum Gasteiger partial charge on any atom is -0.497 e. The zero-order valence-corrected chi connectivity index (χ0v) is 20.0. The average Bonchev–Trinajstić information content (AvgIpc) is 2.78. The van der Waals surface area contributed by atoms with Gasteiger partial charge in [0.25, 0.3) is 0 Å². The fourth-order valence-electron chi connectivity index (χ4n) is 3.09. The molecule has 0 radical (unpaired) electrons. The smallest absolute Gasteiger partial charge is 0.310 e. The first-order valence-corrected chi connectivity index (χ1v) is 13.2. The van der Waals surface area contributed by atoms with Crippen LogP contribution in [0.25, 0.3) is 0 Å². The van der Waals surface area contributed by atoms with Gasteiger partial charge in [-0.3, -0.25) is 0 Å². The van der Waals surface area contributed by atoms with E-state index in [1.807, 2.05) is 6.07 Å². The number of halogens is 5. The number of methoxy groups -OCH3 is 1. The van der Waals surface area contributed by atoms with Crippen molar-refractivity contribution in [2.45, 2.75) is 16.3 Å². The summed E-state index contributed by atoms with van der Waals surface area (Å²) >= 11 is 0. The summed E-state index contributed by atoms with van der Waals surface area (Å²) in [7, 11) is -10.9. The van der Waals surface area contributed by atoms with Gasteiger partial charge in [0, 0.05) is 19.3 Å². The number of nitrogens with one attached hydrogen (secondary N) is 1. The number of nitriles is 1. The molecule has 13 heteroatoms. The molecule has 0 bridgehead atoms. The molecule has 0 amide bonds. The number of nitrogens with zero attached hydrogens (tertiary/aromatic N) is 2. The SMILES string of the molecule is COc1ccc(CN(C)S(=O)(=O)c2ccc(Nc3ccc(S(F)(F)(F)(F)F)cc3)c(C#N)c2)cc1. The zero-order chi connectivity index (χ0) is 26.1. The molecule has 0 aliphatic carbocycles. The van der Waals surface area contributed by atoms with Gasteiger partial charge in [-0.25, -0.2) is 8.42 Å². The van der Waals surface area contributed by atoms with Crippen molar-refractivity contribution in [2.24, 2.45) is 0 Å². The molecule has 0 atom stereocenters. The highest BCUT2D eigenvalue weighted by molar-refractivity contribution is 8.45. The maximum atomic E-state index is 13.0. The fraction of sp³-hybridized carbons (Fsp3) is 0.136. The Kier molecular flexibility index (Phi) is 6.31. The summed E-state index contributed by atoms with van der Waals surface area (Å²) in [5, 5.41) is 12.1. The maximum Gasteiger partial charge on any atom is 0.310 e. The van der Waals surface area contributed by atoms with Gasteiger partial charge in [0.05, 0.1) is 23.3 Å². The van der Waals surface area contributed by atoms with Crippen LogP contribution in [-0.2, 0) is 16.6 Å². The van der Waals surface area contributed by atoms with E-state index in [0.29, 0.717) is 11.3 Å². The number of ether oxygens (including phenoxy) is 1. The van der Waals surface area contributed by atoms with E-state index in [1.54, 1.807) is 24.3 Å². The summed E-state index contributed by atoms with van der Waals surface area (Å²) in [5.74, 6) is 0.615. The molecule has 0 aliphatic heterocycles. The van der Waals surface area contributed by atoms with Crippen LogP contribution in [0.5, 0.6) is 5.75 Å². The second-order valence-corrected chi connectivity index (χ2v) is 12.0. The molecule has 6 nitrogen and oxygen atoms in total. The Balaban J connectivity index is 1.82. The van der Waals surface area contributed by atoms with Gasteiger partial charge in [-0.15, -0.1) is 0 Å². The van der Waals surface area contributed by atoms with Crippen molar-refractivity contribution < 1.29 is 32.6 Å². The van der Waals surface area contributed by atoms with E-state index in [0.717, 1.165) is 22.5 Å². The number of hydrogen-bond donors (Lipinski definition) is 1. The monoisotopic (exact) mass is 533 g/mol. The van der Waals surface area contributed by atoms with Crippen molar-refractivity contribution >= 4 is 31.6 Å². The second-order valence-electron chi connectivity index (χ2n) is 7.55. The van der Waals surface area contributed by atoms with Crippen LogP contribution in [0, 0.1) is 11.3 Å². The number of sulfonamides is 1. The van der Waals surface area contributed by atoms with Crippen molar-refractivity contribution in [1.82, 2.24) is 4.31 Å². The van der Waals surface area contributed by atoms with Crippen LogP contribution >= 0.6 is 10.2 Å². The van der Waals surface area contributed by atoms with Crippen LogP contribution in [0.4, 0.5) is 30.8 Å². The van der Waals surface area contributed by atoms with Crippen LogP contribution in [0.2, 0.25) is 0 Å². The highest BCUT2D eigenvalue weighted by Gasteiger charge is 2.65. The van der Waals surface area contributed by atoms with Crippen molar-refractivity contribution in [1.29, 1.82) is 5.26 Å². The van der Waals surface area contributed by atoms with Crippen molar-refractivity contribution in [3.05, 3.63) is 77.9 Å². The number of benzene rings is 3.